The molecule has 3 aliphatic rings. The number of carbonyl (C=O) groups excluding carboxylic acids is 2. The van der Waals surface area contributed by atoms with E-state index in [2.05, 4.69) is 16.8 Å². The first-order valence-electron chi connectivity index (χ1n) is 14.4. The van der Waals surface area contributed by atoms with Gasteiger partial charge < -0.3 is 24.1 Å². The van der Waals surface area contributed by atoms with Crippen LogP contribution in [0.1, 0.15) is 63.9 Å². The fraction of sp³-hybridized carbons (Fsp3) is 0.581. The summed E-state index contributed by atoms with van der Waals surface area (Å²) in [5.41, 5.74) is 1.11. The van der Waals surface area contributed by atoms with Gasteiger partial charge in [-0.1, -0.05) is 19.1 Å². The van der Waals surface area contributed by atoms with Gasteiger partial charge in [-0.15, -0.1) is 0 Å². The number of alkyl halides is 2. The summed E-state index contributed by atoms with van der Waals surface area (Å²) in [4.78, 5) is 32.8. The summed E-state index contributed by atoms with van der Waals surface area (Å²) >= 11 is 0. The molecule has 1 aliphatic carbocycles. The van der Waals surface area contributed by atoms with Gasteiger partial charge in [-0.2, -0.15) is 0 Å². The summed E-state index contributed by atoms with van der Waals surface area (Å²) < 4.78 is 37.7. The summed E-state index contributed by atoms with van der Waals surface area (Å²) in [6.07, 6.45) is 5.30. The van der Waals surface area contributed by atoms with Gasteiger partial charge in [-0.25, -0.2) is 13.8 Å². The third-order valence-electron chi connectivity index (χ3n) is 8.37. The zero-order valence-electron chi connectivity index (χ0n) is 23.4. The van der Waals surface area contributed by atoms with Gasteiger partial charge in [0.05, 0.1) is 25.3 Å². The molecular formula is C31H39F2N3O4. The first-order valence-corrected chi connectivity index (χ1v) is 14.4. The zero-order chi connectivity index (χ0) is 28.3. The van der Waals surface area contributed by atoms with Crippen molar-refractivity contribution in [1.29, 1.82) is 0 Å². The topological polar surface area (TPSA) is 72.0 Å². The molecular weight excluding hydrogens is 516 g/mol. The number of hydrogen-bond acceptors (Lipinski definition) is 6. The highest BCUT2D eigenvalue weighted by Gasteiger charge is 2.57. The Labute approximate surface area is 234 Å². The number of piperidine rings is 1. The summed E-state index contributed by atoms with van der Waals surface area (Å²) in [6, 6.07) is 11.7. The van der Waals surface area contributed by atoms with Gasteiger partial charge in [0.25, 0.3) is 5.92 Å². The van der Waals surface area contributed by atoms with E-state index < -0.39 is 11.8 Å². The van der Waals surface area contributed by atoms with Crippen LogP contribution < -0.4 is 14.4 Å². The number of nitrogens with zero attached hydrogens (tertiary/aromatic N) is 3. The third-order valence-corrected chi connectivity index (χ3v) is 8.37. The molecule has 2 saturated heterocycles. The van der Waals surface area contributed by atoms with Crippen molar-refractivity contribution in [2.24, 2.45) is 11.8 Å². The van der Waals surface area contributed by atoms with Gasteiger partial charge >= 0.3 is 0 Å². The molecule has 0 spiro atoms. The number of aromatic nitrogens is 1. The molecule has 3 fully saturated rings. The maximum absolute atomic E-state index is 13.0. The number of anilines is 1. The number of rotatable bonds is 11. The first kappa shape index (κ1) is 28.3. The number of hydrogen-bond donors (Lipinski definition) is 0. The van der Waals surface area contributed by atoms with Gasteiger partial charge in [0.15, 0.2) is 0 Å². The number of ketones is 1. The molecule has 40 heavy (non-hydrogen) atoms. The van der Waals surface area contributed by atoms with Gasteiger partial charge in [-0.05, 0) is 61.4 Å². The van der Waals surface area contributed by atoms with Crippen molar-refractivity contribution in [3.05, 3.63) is 48.2 Å². The minimum atomic E-state index is -2.58. The van der Waals surface area contributed by atoms with Gasteiger partial charge in [-0.3, -0.25) is 4.79 Å². The summed E-state index contributed by atoms with van der Waals surface area (Å²) in [5, 5.41) is 0. The molecule has 9 heteroatoms. The molecule has 1 saturated carbocycles. The van der Waals surface area contributed by atoms with E-state index in [0.29, 0.717) is 31.1 Å². The smallest absolute Gasteiger partial charge is 0.255 e. The lowest BCUT2D eigenvalue weighted by Gasteiger charge is -2.32. The van der Waals surface area contributed by atoms with Crippen LogP contribution in [0.25, 0.3) is 0 Å². The maximum Gasteiger partial charge on any atom is 0.255 e. The third kappa shape index (κ3) is 7.29. The molecule has 0 bridgehead atoms. The van der Waals surface area contributed by atoms with Crippen LogP contribution in [-0.2, 0) is 9.59 Å². The fourth-order valence-corrected chi connectivity index (χ4v) is 5.69. The van der Waals surface area contributed by atoms with Crippen molar-refractivity contribution < 1.29 is 27.8 Å². The second-order valence-electron chi connectivity index (χ2n) is 11.7. The number of likely N-dealkylation sites (tertiary alicyclic amines) is 1. The SMILES string of the molecule is CC(=O)CC1CCN(C(=O)C[C@@H](C)c2ccc(OC3CCN(c4ccc(OCC5CC5(F)F)cn4)C3)cc2)CC1. The summed E-state index contributed by atoms with van der Waals surface area (Å²) in [7, 11) is 0. The second kappa shape index (κ2) is 12.1. The minimum absolute atomic E-state index is 0.0174. The van der Waals surface area contributed by atoms with Gasteiger partial charge in [0.2, 0.25) is 5.91 Å². The lowest BCUT2D eigenvalue weighted by molar-refractivity contribution is -0.133. The van der Waals surface area contributed by atoms with E-state index in [9.17, 15) is 18.4 Å². The second-order valence-corrected chi connectivity index (χ2v) is 11.7. The van der Waals surface area contributed by atoms with Gasteiger partial charge in [0, 0.05) is 45.3 Å². The number of Topliss-reactive ketones (excluding diaryl/α,β-unsaturated/α-hetero) is 1. The van der Waals surface area contributed by atoms with E-state index in [1.165, 1.54) is 0 Å². The maximum atomic E-state index is 13.0. The largest absolute Gasteiger partial charge is 0.491 e. The number of pyridine rings is 1. The highest BCUT2D eigenvalue weighted by atomic mass is 19.3. The Hall–Kier alpha value is -3.23. The lowest BCUT2D eigenvalue weighted by Crippen LogP contribution is -2.39. The van der Waals surface area contributed by atoms with Crippen LogP contribution in [0, 0.1) is 11.8 Å². The number of amides is 1. The van der Waals surface area contributed by atoms with Crippen molar-refractivity contribution in [3.63, 3.8) is 0 Å². The number of carbonyl (C=O) groups is 2. The van der Waals surface area contributed by atoms with Crippen LogP contribution in [0.4, 0.5) is 14.6 Å². The Bertz CT molecular complexity index is 1170. The van der Waals surface area contributed by atoms with Crippen molar-refractivity contribution >= 4 is 17.5 Å². The average Bonchev–Trinajstić information content (AvgIpc) is 3.30. The molecule has 5 rings (SSSR count). The Kier molecular flexibility index (Phi) is 8.57. The van der Waals surface area contributed by atoms with Crippen LogP contribution in [0.2, 0.25) is 0 Å². The Morgan fingerprint density at radius 2 is 1.75 bits per heavy atom. The van der Waals surface area contributed by atoms with Crippen molar-refractivity contribution in [1.82, 2.24) is 9.88 Å². The molecule has 0 N–H and O–H groups in total. The first-order chi connectivity index (χ1) is 19.2. The Morgan fingerprint density at radius 3 is 2.38 bits per heavy atom. The van der Waals surface area contributed by atoms with E-state index in [1.807, 2.05) is 35.2 Å². The normalized spacial score (nSPS) is 23.1. The zero-order valence-corrected chi connectivity index (χ0v) is 23.4. The summed E-state index contributed by atoms with van der Waals surface area (Å²) in [6.45, 7) is 6.74. The molecule has 2 aromatic rings. The van der Waals surface area contributed by atoms with Crippen molar-refractivity contribution in [2.75, 3.05) is 37.7 Å². The average molecular weight is 556 g/mol. The molecule has 3 heterocycles. The molecule has 2 unspecified atom stereocenters. The van der Waals surface area contributed by atoms with Gasteiger partial charge in [0.1, 0.15) is 29.2 Å². The summed E-state index contributed by atoms with van der Waals surface area (Å²) in [5.74, 6) is -0.219. The predicted molar refractivity (Wildman–Crippen MR) is 148 cm³/mol. The van der Waals surface area contributed by atoms with Crippen molar-refractivity contribution in [3.8, 4) is 11.5 Å². The monoisotopic (exact) mass is 555 g/mol. The Morgan fingerprint density at radius 1 is 1.05 bits per heavy atom. The van der Waals surface area contributed by atoms with E-state index in [4.69, 9.17) is 9.47 Å². The Balaban J connectivity index is 1.04. The van der Waals surface area contributed by atoms with E-state index in [1.54, 1.807) is 19.2 Å². The van der Waals surface area contributed by atoms with E-state index in [0.717, 1.165) is 56.0 Å². The van der Waals surface area contributed by atoms with Crippen LogP contribution in [0.15, 0.2) is 42.6 Å². The van der Waals surface area contributed by atoms with E-state index in [-0.39, 0.29) is 36.7 Å². The fourth-order valence-electron chi connectivity index (χ4n) is 5.69. The van der Waals surface area contributed by atoms with Crippen LogP contribution in [0.3, 0.4) is 0 Å². The number of halogens is 2. The highest BCUT2D eigenvalue weighted by Crippen LogP contribution is 2.48. The van der Waals surface area contributed by atoms with Crippen molar-refractivity contribution in [2.45, 2.75) is 70.3 Å². The molecule has 1 aromatic heterocycles. The van der Waals surface area contributed by atoms with Crippen LogP contribution in [0.5, 0.6) is 11.5 Å². The lowest BCUT2D eigenvalue weighted by atomic mass is 9.91. The molecule has 7 nitrogen and oxygen atoms in total. The molecule has 0 radical (unpaired) electrons. The molecule has 2 aliphatic heterocycles. The minimum Gasteiger partial charge on any atom is -0.491 e. The standard InChI is InChI=1S/C31H39F2N3O4/c1-21(15-30(38)35-12-9-23(10-13-35)16-22(2)37)24-3-5-26(6-4-24)40-28-11-14-36(19-28)29-8-7-27(18-34-29)39-20-25-17-31(25,32)33/h3-8,18,21,23,25,28H,9-17,19-20H2,1-2H3/t21-,25?,28?/m1/s1. The number of ether oxygens (including phenoxy) is 2. The predicted octanol–water partition coefficient (Wildman–Crippen LogP) is 5.48. The van der Waals surface area contributed by atoms with Crippen LogP contribution in [-0.4, -0.2) is 66.4 Å². The number of benzene rings is 1. The molecule has 1 aromatic carbocycles. The molecule has 3 atom stereocenters. The van der Waals surface area contributed by atoms with E-state index >= 15 is 0 Å². The quantitative estimate of drug-likeness (QED) is 0.366. The molecule has 216 valence electrons. The highest BCUT2D eigenvalue weighted by molar-refractivity contribution is 5.77. The van der Waals surface area contributed by atoms with Crippen LogP contribution >= 0.6 is 0 Å². The molecule has 1 amide bonds.